The average Bonchev–Trinajstić information content (AvgIpc) is 2.62. The number of ether oxygens (including phenoxy) is 1. The van der Waals surface area contributed by atoms with Crippen LogP contribution in [0.4, 0.5) is 5.69 Å². The molecule has 0 aromatic heterocycles. The number of nitrogens with one attached hydrogen (secondary N) is 1. The maximum atomic E-state index is 12.3. The predicted molar refractivity (Wildman–Crippen MR) is 113 cm³/mol. The number of aromatic hydroxyl groups is 1. The lowest BCUT2D eigenvalue weighted by molar-refractivity contribution is -0.119. The predicted octanol–water partition coefficient (Wildman–Crippen LogP) is 2.32. The summed E-state index contributed by atoms with van der Waals surface area (Å²) >= 11 is 0. The third-order valence-electron chi connectivity index (χ3n) is 4.06. The quantitative estimate of drug-likeness (QED) is 0.504. The summed E-state index contributed by atoms with van der Waals surface area (Å²) in [7, 11) is -3.68. The highest BCUT2D eigenvalue weighted by Crippen LogP contribution is 2.27. The molecule has 0 aliphatic rings. The van der Waals surface area contributed by atoms with E-state index in [9.17, 15) is 18.3 Å². The van der Waals surface area contributed by atoms with Gasteiger partial charge in [-0.1, -0.05) is 18.2 Å². The van der Waals surface area contributed by atoms with Crippen molar-refractivity contribution in [2.24, 2.45) is 5.10 Å². The highest BCUT2D eigenvalue weighted by molar-refractivity contribution is 7.92. The number of benzene rings is 2. The summed E-state index contributed by atoms with van der Waals surface area (Å²) in [5, 5.41) is 13.6. The van der Waals surface area contributed by atoms with Gasteiger partial charge < -0.3 is 9.84 Å². The topological polar surface area (TPSA) is 108 Å². The number of phenols is 1. The zero-order valence-corrected chi connectivity index (χ0v) is 17.7. The Labute approximate surface area is 170 Å². The molecular formula is C20H25N3O5S. The van der Waals surface area contributed by atoms with Crippen LogP contribution in [-0.4, -0.2) is 45.1 Å². The van der Waals surface area contributed by atoms with E-state index >= 15 is 0 Å². The van der Waals surface area contributed by atoms with Crippen LogP contribution >= 0.6 is 0 Å². The number of amides is 1. The van der Waals surface area contributed by atoms with Crippen molar-refractivity contribution in [1.82, 2.24) is 5.43 Å². The molecule has 156 valence electrons. The Bertz CT molecular complexity index is 999. The minimum atomic E-state index is -3.68. The SMILES string of the molecule is CCOc1cc(C=NNC(=O)CN(c2c(C)cccc2C)S(C)(=O)=O)ccc1O. The van der Waals surface area contributed by atoms with Gasteiger partial charge in [0.15, 0.2) is 11.5 Å². The molecule has 0 unspecified atom stereocenters. The fourth-order valence-corrected chi connectivity index (χ4v) is 3.76. The highest BCUT2D eigenvalue weighted by Gasteiger charge is 2.23. The van der Waals surface area contributed by atoms with E-state index in [2.05, 4.69) is 10.5 Å². The van der Waals surface area contributed by atoms with Crippen molar-refractivity contribution in [3.8, 4) is 11.5 Å². The molecule has 8 nitrogen and oxygen atoms in total. The highest BCUT2D eigenvalue weighted by atomic mass is 32.2. The van der Waals surface area contributed by atoms with E-state index in [-0.39, 0.29) is 5.75 Å². The molecule has 0 saturated heterocycles. The van der Waals surface area contributed by atoms with Crippen molar-refractivity contribution in [2.45, 2.75) is 20.8 Å². The monoisotopic (exact) mass is 419 g/mol. The normalized spacial score (nSPS) is 11.4. The van der Waals surface area contributed by atoms with Gasteiger partial charge in [0.2, 0.25) is 10.0 Å². The van der Waals surface area contributed by atoms with Crippen molar-refractivity contribution < 1.29 is 23.1 Å². The Morgan fingerprint density at radius 3 is 2.48 bits per heavy atom. The summed E-state index contributed by atoms with van der Waals surface area (Å²) in [5.41, 5.74) is 4.91. The molecular weight excluding hydrogens is 394 g/mol. The Morgan fingerprint density at radius 2 is 1.90 bits per heavy atom. The molecule has 0 atom stereocenters. The van der Waals surface area contributed by atoms with Crippen LogP contribution in [-0.2, 0) is 14.8 Å². The van der Waals surface area contributed by atoms with Gasteiger partial charge in [-0.2, -0.15) is 5.10 Å². The smallest absolute Gasteiger partial charge is 0.260 e. The Balaban J connectivity index is 2.14. The van der Waals surface area contributed by atoms with Crippen LogP contribution in [0.3, 0.4) is 0 Å². The van der Waals surface area contributed by atoms with Gasteiger partial charge in [0.05, 0.1) is 24.8 Å². The number of phenolic OH excluding ortho intramolecular Hbond substituents is 1. The molecule has 2 N–H and O–H groups in total. The van der Waals surface area contributed by atoms with Crippen LogP contribution in [0.5, 0.6) is 11.5 Å². The second kappa shape index (κ2) is 9.42. The lowest BCUT2D eigenvalue weighted by atomic mass is 10.1. The Morgan fingerprint density at radius 1 is 1.24 bits per heavy atom. The molecule has 0 fully saturated rings. The van der Waals surface area contributed by atoms with Gasteiger partial charge in [-0.05, 0) is 55.7 Å². The van der Waals surface area contributed by atoms with E-state index in [4.69, 9.17) is 4.74 Å². The summed E-state index contributed by atoms with van der Waals surface area (Å²) < 4.78 is 30.9. The van der Waals surface area contributed by atoms with Crippen molar-refractivity contribution in [3.05, 3.63) is 53.1 Å². The number of para-hydroxylation sites is 1. The molecule has 0 bridgehead atoms. The first-order chi connectivity index (χ1) is 13.6. The molecule has 0 aliphatic heterocycles. The van der Waals surface area contributed by atoms with Gasteiger partial charge in [-0.3, -0.25) is 9.10 Å². The number of aryl methyl sites for hydroxylation is 2. The van der Waals surface area contributed by atoms with E-state index in [1.165, 1.54) is 12.3 Å². The van der Waals surface area contributed by atoms with E-state index in [1.807, 2.05) is 6.07 Å². The lowest BCUT2D eigenvalue weighted by Gasteiger charge is -2.25. The lowest BCUT2D eigenvalue weighted by Crippen LogP contribution is -2.39. The summed E-state index contributed by atoms with van der Waals surface area (Å²) in [6, 6.07) is 10.0. The first-order valence-corrected chi connectivity index (χ1v) is 10.8. The standard InChI is InChI=1S/C20H25N3O5S/c1-5-28-18-11-16(9-10-17(18)24)12-21-22-19(25)13-23(29(4,26)27)20-14(2)7-6-8-15(20)3/h6-12,24H,5,13H2,1-4H3,(H,22,25). The molecule has 29 heavy (non-hydrogen) atoms. The van der Waals surface area contributed by atoms with Crippen molar-refractivity contribution in [2.75, 3.05) is 23.7 Å². The van der Waals surface area contributed by atoms with Gasteiger partial charge in [-0.15, -0.1) is 0 Å². The third-order valence-corrected chi connectivity index (χ3v) is 5.18. The van der Waals surface area contributed by atoms with E-state index in [0.29, 0.717) is 23.6 Å². The second-order valence-electron chi connectivity index (χ2n) is 6.46. The van der Waals surface area contributed by atoms with E-state index in [1.54, 1.807) is 45.0 Å². The zero-order valence-electron chi connectivity index (χ0n) is 16.8. The Kier molecular flexibility index (Phi) is 7.22. The number of hydrogen-bond donors (Lipinski definition) is 2. The number of sulfonamides is 1. The largest absolute Gasteiger partial charge is 0.504 e. The minimum absolute atomic E-state index is 0.00503. The average molecular weight is 420 g/mol. The molecule has 0 heterocycles. The molecule has 9 heteroatoms. The number of rotatable bonds is 8. The second-order valence-corrected chi connectivity index (χ2v) is 8.37. The van der Waals surface area contributed by atoms with Crippen molar-refractivity contribution in [1.29, 1.82) is 0 Å². The van der Waals surface area contributed by atoms with Gasteiger partial charge >= 0.3 is 0 Å². The van der Waals surface area contributed by atoms with Crippen LogP contribution in [0.2, 0.25) is 0 Å². The van der Waals surface area contributed by atoms with Gasteiger partial charge in [0.1, 0.15) is 6.54 Å². The van der Waals surface area contributed by atoms with Crippen LogP contribution in [0.1, 0.15) is 23.6 Å². The van der Waals surface area contributed by atoms with Gasteiger partial charge in [0.25, 0.3) is 5.91 Å². The van der Waals surface area contributed by atoms with Gasteiger partial charge in [-0.25, -0.2) is 13.8 Å². The van der Waals surface area contributed by atoms with Crippen LogP contribution in [0.15, 0.2) is 41.5 Å². The fraction of sp³-hybridized carbons (Fsp3) is 0.300. The molecule has 0 aliphatic carbocycles. The first-order valence-electron chi connectivity index (χ1n) is 8.95. The number of anilines is 1. The fourth-order valence-electron chi connectivity index (χ4n) is 2.79. The molecule has 2 aromatic carbocycles. The maximum Gasteiger partial charge on any atom is 0.260 e. The first kappa shape index (κ1) is 22.2. The maximum absolute atomic E-state index is 12.3. The molecule has 1 amide bonds. The molecule has 0 saturated carbocycles. The molecule has 2 aromatic rings. The number of hydrogen-bond acceptors (Lipinski definition) is 6. The van der Waals surface area contributed by atoms with Crippen LogP contribution in [0, 0.1) is 13.8 Å². The summed E-state index contributed by atoms with van der Waals surface area (Å²) in [5.74, 6) is -0.273. The summed E-state index contributed by atoms with van der Waals surface area (Å²) in [6.07, 6.45) is 2.44. The van der Waals surface area contributed by atoms with Crippen molar-refractivity contribution in [3.63, 3.8) is 0 Å². The summed E-state index contributed by atoms with van der Waals surface area (Å²) in [4.78, 5) is 12.3. The summed E-state index contributed by atoms with van der Waals surface area (Å²) in [6.45, 7) is 5.37. The number of hydrazone groups is 1. The van der Waals surface area contributed by atoms with Gasteiger partial charge in [0, 0.05) is 0 Å². The minimum Gasteiger partial charge on any atom is -0.504 e. The molecule has 2 rings (SSSR count). The molecule has 0 radical (unpaired) electrons. The van der Waals surface area contributed by atoms with Crippen molar-refractivity contribution >= 4 is 27.8 Å². The number of carbonyl (C=O) groups excluding carboxylic acids is 1. The Hall–Kier alpha value is -3.07. The van der Waals surface area contributed by atoms with E-state index < -0.39 is 22.5 Å². The van der Waals surface area contributed by atoms with E-state index in [0.717, 1.165) is 21.7 Å². The zero-order chi connectivity index (χ0) is 21.6. The number of nitrogens with zero attached hydrogens (tertiary/aromatic N) is 2. The van der Waals surface area contributed by atoms with Crippen LogP contribution < -0.4 is 14.5 Å². The van der Waals surface area contributed by atoms with Crippen LogP contribution in [0.25, 0.3) is 0 Å². The number of carbonyl (C=O) groups is 1. The molecule has 0 spiro atoms. The third kappa shape index (κ3) is 5.95.